The number of hydrogen-bond donors (Lipinski definition) is 0. The lowest BCUT2D eigenvalue weighted by molar-refractivity contribution is -0.254. The SMILES string of the molecule is CC(=O)c1ccc(-c2cc(C3=C(c4cc(-c5ccc(C(C)=O)cc5)sc4C4(C)C=CC(C(C)(C)C)=CC4)C(F)(F)C(F)(F)C3(F)F)c(-c3ccc(C(C)(C)C)cc3)s2)cc1. The number of alkyl halides is 6. The van der Waals surface area contributed by atoms with E-state index in [9.17, 15) is 9.59 Å². The molecule has 2 aromatic heterocycles. The molecule has 7 rings (SSSR count). The Balaban J connectivity index is 1.55. The van der Waals surface area contributed by atoms with Gasteiger partial charge in [0.05, 0.1) is 0 Å². The summed E-state index contributed by atoms with van der Waals surface area (Å²) in [6.45, 7) is 16.7. The van der Waals surface area contributed by atoms with Crippen molar-refractivity contribution in [3.8, 4) is 31.3 Å². The summed E-state index contributed by atoms with van der Waals surface area (Å²) in [6, 6.07) is 22.5. The highest BCUT2D eigenvalue weighted by atomic mass is 32.1. The van der Waals surface area contributed by atoms with Crippen LogP contribution in [0.3, 0.4) is 0 Å². The third-order valence-corrected chi connectivity index (χ3v) is 14.3. The van der Waals surface area contributed by atoms with Gasteiger partial charge in [-0.2, -0.15) is 26.3 Å². The van der Waals surface area contributed by atoms with Gasteiger partial charge in [0.25, 0.3) is 0 Å². The summed E-state index contributed by atoms with van der Waals surface area (Å²) in [5.74, 6) is -16.8. The number of benzene rings is 3. The van der Waals surface area contributed by atoms with Crippen LogP contribution in [0.2, 0.25) is 0 Å². The number of thiophene rings is 2. The molecule has 0 N–H and O–H groups in total. The molecule has 5 aromatic rings. The molecule has 2 nitrogen and oxygen atoms in total. The van der Waals surface area contributed by atoms with Crippen molar-refractivity contribution in [2.75, 3.05) is 0 Å². The fourth-order valence-corrected chi connectivity index (χ4v) is 10.3. The van der Waals surface area contributed by atoms with Gasteiger partial charge in [-0.3, -0.25) is 9.59 Å². The molecule has 2 aliphatic rings. The highest BCUT2D eigenvalue weighted by Crippen LogP contribution is 2.67. The molecule has 0 radical (unpaired) electrons. The molecule has 0 aliphatic heterocycles. The first-order valence-electron chi connectivity index (χ1n) is 19.7. The van der Waals surface area contributed by atoms with E-state index >= 15 is 26.3 Å². The predicted octanol–water partition coefficient (Wildman–Crippen LogP) is 15.5. The summed E-state index contributed by atoms with van der Waals surface area (Å²) in [5.41, 5.74) is -1.06. The molecule has 312 valence electrons. The Kier molecular flexibility index (Phi) is 10.6. The number of rotatable bonds is 8. The fourth-order valence-electron chi connectivity index (χ4n) is 7.83. The maximum atomic E-state index is 16.9. The number of carbonyl (C=O) groups is 2. The Morgan fingerprint density at radius 3 is 1.48 bits per heavy atom. The van der Waals surface area contributed by atoms with Crippen LogP contribution in [0.5, 0.6) is 0 Å². The minimum Gasteiger partial charge on any atom is -0.295 e. The summed E-state index contributed by atoms with van der Waals surface area (Å²) in [6.07, 6.45) is 6.03. The zero-order valence-electron chi connectivity index (χ0n) is 34.9. The van der Waals surface area contributed by atoms with Gasteiger partial charge in [-0.25, -0.2) is 0 Å². The molecule has 2 heterocycles. The smallest absolute Gasteiger partial charge is 0.295 e. The molecule has 0 fully saturated rings. The van der Waals surface area contributed by atoms with Crippen LogP contribution in [-0.4, -0.2) is 29.3 Å². The zero-order valence-corrected chi connectivity index (χ0v) is 36.6. The minimum absolute atomic E-state index is 0.125. The summed E-state index contributed by atoms with van der Waals surface area (Å²) in [5, 5.41) is 0. The first-order chi connectivity index (χ1) is 27.8. The van der Waals surface area contributed by atoms with Crippen molar-refractivity contribution in [3.63, 3.8) is 0 Å². The Hall–Kier alpha value is -4.80. The predicted molar refractivity (Wildman–Crippen MR) is 234 cm³/mol. The zero-order chi connectivity index (χ0) is 44.0. The quantitative estimate of drug-likeness (QED) is 0.115. The van der Waals surface area contributed by atoms with Crippen molar-refractivity contribution < 1.29 is 35.9 Å². The van der Waals surface area contributed by atoms with E-state index in [4.69, 9.17) is 0 Å². The molecule has 1 atom stereocenters. The number of allylic oxidation sites excluding steroid dienone is 6. The number of carbonyl (C=O) groups excluding carboxylic acids is 2. The molecule has 0 saturated carbocycles. The Labute approximate surface area is 355 Å². The molecule has 0 bridgehead atoms. The second kappa shape index (κ2) is 14.7. The van der Waals surface area contributed by atoms with E-state index in [2.05, 4.69) is 0 Å². The maximum Gasteiger partial charge on any atom is 0.380 e. The normalized spacial score (nSPS) is 19.8. The number of ketones is 2. The van der Waals surface area contributed by atoms with Gasteiger partial charge in [0.2, 0.25) is 0 Å². The van der Waals surface area contributed by atoms with Gasteiger partial charge in [-0.05, 0) is 76.6 Å². The summed E-state index contributed by atoms with van der Waals surface area (Å²) < 4.78 is 100. The summed E-state index contributed by atoms with van der Waals surface area (Å²) in [7, 11) is 0. The van der Waals surface area contributed by atoms with Crippen molar-refractivity contribution in [2.45, 2.75) is 97.3 Å². The van der Waals surface area contributed by atoms with Crippen LogP contribution in [0, 0.1) is 5.41 Å². The lowest BCUT2D eigenvalue weighted by Crippen LogP contribution is -2.49. The number of Topliss-reactive ketones (excluding diaryl/α,β-unsaturated/α-hetero) is 2. The highest BCUT2D eigenvalue weighted by molar-refractivity contribution is 7.19. The molecule has 60 heavy (non-hydrogen) atoms. The van der Waals surface area contributed by atoms with Crippen LogP contribution >= 0.6 is 22.7 Å². The second-order valence-corrected chi connectivity index (χ2v) is 20.2. The molecule has 2 aliphatic carbocycles. The van der Waals surface area contributed by atoms with Gasteiger partial charge in [0.15, 0.2) is 11.6 Å². The van der Waals surface area contributed by atoms with E-state index in [0.717, 1.165) is 33.8 Å². The lowest BCUT2D eigenvalue weighted by Gasteiger charge is -2.32. The summed E-state index contributed by atoms with van der Waals surface area (Å²) >= 11 is 2.12. The average molecular weight is 857 g/mol. The van der Waals surface area contributed by atoms with Crippen LogP contribution in [0.4, 0.5) is 26.3 Å². The molecule has 0 spiro atoms. The van der Waals surface area contributed by atoms with E-state index in [0.29, 0.717) is 44.0 Å². The van der Waals surface area contributed by atoms with Crippen LogP contribution in [0.1, 0.15) is 111 Å². The topological polar surface area (TPSA) is 34.1 Å². The third kappa shape index (κ3) is 7.27. The lowest BCUT2D eigenvalue weighted by atomic mass is 9.74. The van der Waals surface area contributed by atoms with Crippen molar-refractivity contribution in [2.24, 2.45) is 5.41 Å². The molecule has 10 heteroatoms. The standard InChI is InChI=1S/C50H46F6O2S2/c1-28(57)30-10-14-32(15-11-30)39-26-37(43(59-39)34-18-20-35(21-19-34)45(3,4)5)41-42(49(53,54)50(55,56)48(41,51)52)38-27-40(33-16-12-31(13-17-33)29(2)58)60-44(38)47(9)24-22-36(23-25-47)46(6,7)8/h10-24,26-27H,25H2,1-9H3. The number of halogens is 6. The third-order valence-electron chi connectivity index (χ3n) is 11.6. The van der Waals surface area contributed by atoms with E-state index in [1.165, 1.54) is 26.0 Å². The average Bonchev–Trinajstić information content (AvgIpc) is 3.84. The monoisotopic (exact) mass is 856 g/mol. The van der Waals surface area contributed by atoms with Crippen LogP contribution in [0.15, 0.2) is 109 Å². The maximum absolute atomic E-state index is 16.9. The molecular weight excluding hydrogens is 811 g/mol. The van der Waals surface area contributed by atoms with Gasteiger partial charge >= 0.3 is 17.8 Å². The van der Waals surface area contributed by atoms with Gasteiger partial charge in [-0.1, -0.05) is 139 Å². The number of hydrogen-bond acceptors (Lipinski definition) is 4. The van der Waals surface area contributed by atoms with Gasteiger partial charge in [-0.15, -0.1) is 22.7 Å². The molecule has 0 saturated heterocycles. The molecular formula is C50H46F6O2S2. The highest BCUT2D eigenvalue weighted by Gasteiger charge is 2.80. The van der Waals surface area contributed by atoms with Crippen LogP contribution in [0.25, 0.3) is 42.5 Å². The van der Waals surface area contributed by atoms with E-state index in [1.54, 1.807) is 67.6 Å². The van der Waals surface area contributed by atoms with Gasteiger partial charge in [0.1, 0.15) is 0 Å². The van der Waals surface area contributed by atoms with Crippen LogP contribution in [-0.2, 0) is 10.8 Å². The Morgan fingerprint density at radius 2 is 1.05 bits per heavy atom. The van der Waals surface area contributed by atoms with Crippen molar-refractivity contribution >= 4 is 45.4 Å². The van der Waals surface area contributed by atoms with E-state index in [1.807, 2.05) is 71.9 Å². The summed E-state index contributed by atoms with van der Waals surface area (Å²) in [4.78, 5) is 25.3. The van der Waals surface area contributed by atoms with Crippen LogP contribution < -0.4 is 0 Å². The molecule has 0 amide bonds. The van der Waals surface area contributed by atoms with E-state index < -0.39 is 39.9 Å². The first kappa shape index (κ1) is 43.3. The Morgan fingerprint density at radius 1 is 0.600 bits per heavy atom. The second-order valence-electron chi connectivity index (χ2n) is 18.1. The largest absolute Gasteiger partial charge is 0.380 e. The Bertz CT molecular complexity index is 2610. The first-order valence-corrected chi connectivity index (χ1v) is 21.3. The minimum atomic E-state index is -5.80. The van der Waals surface area contributed by atoms with Crippen molar-refractivity contribution in [1.29, 1.82) is 0 Å². The molecule has 1 unspecified atom stereocenters. The fraction of sp³-hybridized carbons (Fsp3) is 0.320. The van der Waals surface area contributed by atoms with Crippen molar-refractivity contribution in [1.82, 2.24) is 0 Å². The van der Waals surface area contributed by atoms with E-state index in [-0.39, 0.29) is 37.7 Å². The van der Waals surface area contributed by atoms with Gasteiger partial charge in [0, 0.05) is 52.8 Å². The molecule has 3 aromatic carbocycles. The van der Waals surface area contributed by atoms with Crippen molar-refractivity contribution in [3.05, 3.63) is 141 Å². The van der Waals surface area contributed by atoms with Gasteiger partial charge < -0.3 is 0 Å².